The van der Waals surface area contributed by atoms with Gasteiger partial charge in [0.25, 0.3) is 0 Å². The highest BCUT2D eigenvalue weighted by Crippen LogP contribution is 2.45. The van der Waals surface area contributed by atoms with E-state index in [0.717, 1.165) is 0 Å². The number of hydrogen-bond donors (Lipinski definition) is 0. The summed E-state index contributed by atoms with van der Waals surface area (Å²) in [4.78, 5) is 0. The van der Waals surface area contributed by atoms with Crippen LogP contribution in [0, 0.1) is 0 Å². The molecule has 0 atom stereocenters. The fourth-order valence-corrected chi connectivity index (χ4v) is 8.95. The third-order valence-corrected chi connectivity index (χ3v) is 11.1. The molecule has 0 aliphatic heterocycles. The van der Waals surface area contributed by atoms with Crippen molar-refractivity contribution >= 4 is 76.2 Å². The van der Waals surface area contributed by atoms with Gasteiger partial charge in [-0.15, -0.1) is 0 Å². The van der Waals surface area contributed by atoms with Crippen LogP contribution in [0.25, 0.3) is 110 Å². The molecule has 4 heterocycles. The average Bonchev–Trinajstić information content (AvgIpc) is 3.91. The quantitative estimate of drug-likeness (QED) is 0.183. The van der Waals surface area contributed by atoms with E-state index in [1.807, 2.05) is 0 Å². The maximum atomic E-state index is 2.50. The highest BCUT2D eigenvalue weighted by atomic mass is 14.9. The van der Waals surface area contributed by atoms with E-state index < -0.39 is 0 Å². The Bertz CT molecular complexity index is 3210. The van der Waals surface area contributed by atoms with Crippen molar-refractivity contribution in [1.29, 1.82) is 0 Å². The van der Waals surface area contributed by atoms with Crippen LogP contribution in [0.4, 0.5) is 0 Å². The van der Waals surface area contributed by atoms with Gasteiger partial charge >= 0.3 is 0 Å². The lowest BCUT2D eigenvalue weighted by Crippen LogP contribution is -1.84. The molecule has 2 heteroatoms. The van der Waals surface area contributed by atoms with Crippen molar-refractivity contribution in [3.05, 3.63) is 170 Å². The van der Waals surface area contributed by atoms with Crippen LogP contribution in [0.2, 0.25) is 0 Å². The predicted molar refractivity (Wildman–Crippen MR) is 212 cm³/mol. The van der Waals surface area contributed by atoms with Gasteiger partial charge in [-0.25, -0.2) is 0 Å². The second-order valence-corrected chi connectivity index (χ2v) is 13.7. The van der Waals surface area contributed by atoms with Crippen molar-refractivity contribution in [2.24, 2.45) is 0 Å². The minimum Gasteiger partial charge on any atom is -0.308 e. The van der Waals surface area contributed by atoms with E-state index in [1.165, 1.54) is 110 Å². The first kappa shape index (κ1) is 26.3. The van der Waals surface area contributed by atoms with Gasteiger partial charge in [0.15, 0.2) is 0 Å². The lowest BCUT2D eigenvalue weighted by atomic mass is 9.96. The van der Waals surface area contributed by atoms with Crippen molar-refractivity contribution in [2.45, 2.75) is 0 Å². The van der Waals surface area contributed by atoms with Crippen LogP contribution in [-0.4, -0.2) is 8.80 Å². The van der Waals surface area contributed by atoms with Gasteiger partial charge in [-0.1, -0.05) is 109 Å². The first-order chi connectivity index (χ1) is 24.8. The molecule has 12 rings (SSSR count). The Balaban J connectivity index is 1.16. The summed E-state index contributed by atoms with van der Waals surface area (Å²) in [6.07, 6.45) is 0. The molecule has 0 saturated heterocycles. The summed E-state index contributed by atoms with van der Waals surface area (Å²) >= 11 is 0. The molecule has 0 fully saturated rings. The zero-order valence-electron chi connectivity index (χ0n) is 27.1. The zero-order chi connectivity index (χ0) is 32.5. The molecule has 2 nitrogen and oxygen atoms in total. The number of nitrogens with zero attached hydrogens (tertiary/aromatic N) is 2. The standard InChI is InChI=1S/C48H28N2/c1-3-11-29(12-4-1)31-19-21-45-37(23-31)41-25-33(30-13-5-2-6-14-30)26-42-38-24-32(20-22-46(38)50(45)48(41)42)34-27-39-35-15-7-9-17-43(35)49-44-18-10-8-16-36(44)40(28-34)47(39)49/h1-28H. The van der Waals surface area contributed by atoms with Crippen molar-refractivity contribution in [3.8, 4) is 33.4 Å². The minimum atomic E-state index is 1.24. The van der Waals surface area contributed by atoms with E-state index in [-0.39, 0.29) is 0 Å². The first-order valence-corrected chi connectivity index (χ1v) is 17.4. The van der Waals surface area contributed by atoms with Gasteiger partial charge in [-0.2, -0.15) is 0 Å². The Morgan fingerprint density at radius 2 is 0.560 bits per heavy atom. The van der Waals surface area contributed by atoms with E-state index in [9.17, 15) is 0 Å². The molecule has 0 N–H and O–H groups in total. The molecular formula is C48H28N2. The summed E-state index contributed by atoms with van der Waals surface area (Å²) in [5, 5.41) is 10.4. The summed E-state index contributed by atoms with van der Waals surface area (Å²) in [7, 11) is 0. The SMILES string of the molecule is c1ccc(-c2ccc3c(c2)c2cc(-c4ccccc4)cc4c5cc(-c6cc7c8ccccc8n8c9ccccc9c(c6)c78)ccc5n3c24)cc1. The number of hydrogen-bond acceptors (Lipinski definition) is 0. The molecule has 0 unspecified atom stereocenters. The van der Waals surface area contributed by atoms with Crippen LogP contribution in [-0.2, 0) is 0 Å². The van der Waals surface area contributed by atoms with E-state index in [4.69, 9.17) is 0 Å². The molecule has 0 saturated carbocycles. The second kappa shape index (κ2) is 9.49. The van der Waals surface area contributed by atoms with Crippen molar-refractivity contribution in [2.75, 3.05) is 0 Å². The van der Waals surface area contributed by atoms with E-state index in [0.29, 0.717) is 0 Å². The number of benzene rings is 8. The van der Waals surface area contributed by atoms with Crippen LogP contribution < -0.4 is 0 Å². The lowest BCUT2D eigenvalue weighted by Gasteiger charge is -2.07. The molecule has 0 radical (unpaired) electrons. The van der Waals surface area contributed by atoms with Crippen LogP contribution in [0.3, 0.4) is 0 Å². The van der Waals surface area contributed by atoms with Crippen molar-refractivity contribution in [3.63, 3.8) is 0 Å². The average molecular weight is 633 g/mol. The molecule has 0 aliphatic rings. The summed E-state index contributed by atoms with van der Waals surface area (Å²) in [5.74, 6) is 0. The Hall–Kier alpha value is -6.64. The molecule has 0 bridgehead atoms. The molecule has 12 aromatic rings. The fourth-order valence-electron chi connectivity index (χ4n) is 8.95. The second-order valence-electron chi connectivity index (χ2n) is 13.7. The predicted octanol–water partition coefficient (Wildman–Crippen LogP) is 13.0. The third-order valence-electron chi connectivity index (χ3n) is 11.1. The molecule has 50 heavy (non-hydrogen) atoms. The topological polar surface area (TPSA) is 8.82 Å². The largest absolute Gasteiger partial charge is 0.308 e. The minimum absolute atomic E-state index is 1.24. The number of aromatic nitrogens is 2. The lowest BCUT2D eigenvalue weighted by molar-refractivity contribution is 1.37. The summed E-state index contributed by atoms with van der Waals surface area (Å²) in [6, 6.07) is 62.9. The van der Waals surface area contributed by atoms with Gasteiger partial charge in [0.2, 0.25) is 0 Å². The highest BCUT2D eigenvalue weighted by molar-refractivity contribution is 6.26. The van der Waals surface area contributed by atoms with Crippen LogP contribution in [0.1, 0.15) is 0 Å². The smallest absolute Gasteiger partial charge is 0.0620 e. The van der Waals surface area contributed by atoms with E-state index in [2.05, 4.69) is 179 Å². The number of fused-ring (bicyclic) bond motifs is 12. The molecule has 0 aliphatic carbocycles. The molecule has 230 valence electrons. The van der Waals surface area contributed by atoms with Crippen LogP contribution in [0.5, 0.6) is 0 Å². The summed E-state index contributed by atoms with van der Waals surface area (Å²) in [6.45, 7) is 0. The van der Waals surface area contributed by atoms with Gasteiger partial charge in [0, 0.05) is 43.1 Å². The third kappa shape index (κ3) is 3.37. The number of rotatable bonds is 3. The summed E-state index contributed by atoms with van der Waals surface area (Å²) in [5.41, 5.74) is 15.1. The van der Waals surface area contributed by atoms with E-state index in [1.54, 1.807) is 0 Å². The molecule has 0 spiro atoms. The van der Waals surface area contributed by atoms with Crippen molar-refractivity contribution < 1.29 is 0 Å². The van der Waals surface area contributed by atoms with Gasteiger partial charge in [-0.05, 0) is 94.0 Å². The maximum Gasteiger partial charge on any atom is 0.0620 e. The zero-order valence-corrected chi connectivity index (χ0v) is 27.1. The van der Waals surface area contributed by atoms with Crippen LogP contribution in [0.15, 0.2) is 170 Å². The maximum absolute atomic E-state index is 2.50. The Morgan fingerprint density at radius 1 is 0.220 bits per heavy atom. The van der Waals surface area contributed by atoms with Crippen LogP contribution >= 0.6 is 0 Å². The molecular weight excluding hydrogens is 605 g/mol. The molecule has 4 aromatic heterocycles. The van der Waals surface area contributed by atoms with Gasteiger partial charge in [0.1, 0.15) is 0 Å². The van der Waals surface area contributed by atoms with Crippen molar-refractivity contribution in [1.82, 2.24) is 8.80 Å². The molecule has 8 aromatic carbocycles. The Kier molecular flexibility index (Phi) is 5.00. The van der Waals surface area contributed by atoms with Gasteiger partial charge in [-0.3, -0.25) is 0 Å². The molecule has 0 amide bonds. The monoisotopic (exact) mass is 632 g/mol. The van der Waals surface area contributed by atoms with Gasteiger partial charge in [0.05, 0.1) is 33.1 Å². The number of para-hydroxylation sites is 2. The normalized spacial score (nSPS) is 12.4. The van der Waals surface area contributed by atoms with E-state index >= 15 is 0 Å². The fraction of sp³-hybridized carbons (Fsp3) is 0. The Morgan fingerprint density at radius 3 is 1.06 bits per heavy atom. The Labute approximate surface area is 287 Å². The highest BCUT2D eigenvalue weighted by Gasteiger charge is 2.22. The summed E-state index contributed by atoms with van der Waals surface area (Å²) < 4.78 is 4.95. The van der Waals surface area contributed by atoms with Gasteiger partial charge < -0.3 is 8.80 Å². The first-order valence-electron chi connectivity index (χ1n) is 17.4.